The lowest BCUT2D eigenvalue weighted by molar-refractivity contribution is -0.140. The normalized spacial score (nSPS) is 21.3. The van der Waals surface area contributed by atoms with E-state index in [-0.39, 0.29) is 13.0 Å². The number of carboxylic acid groups (broad SMARTS) is 1. The Kier molecular flexibility index (Phi) is 3.69. The molecule has 0 bridgehead atoms. The Morgan fingerprint density at radius 2 is 2.00 bits per heavy atom. The molecule has 0 radical (unpaired) electrons. The van der Waals surface area contributed by atoms with Crippen molar-refractivity contribution in [1.82, 2.24) is 0 Å². The molecular formula is C9H17NO3. The highest BCUT2D eigenvalue weighted by Gasteiger charge is 2.27. The topological polar surface area (TPSA) is 72.5 Å². The van der Waals surface area contributed by atoms with E-state index in [0.29, 0.717) is 0 Å². The summed E-state index contributed by atoms with van der Waals surface area (Å²) >= 11 is 0. The quantitative estimate of drug-likeness (QED) is 0.646. The Morgan fingerprint density at radius 3 is 2.54 bits per heavy atom. The molecule has 0 amide bonds. The molecule has 4 heteroatoms. The van der Waals surface area contributed by atoms with E-state index in [1.807, 2.05) is 0 Å². The van der Waals surface area contributed by atoms with Crippen molar-refractivity contribution in [1.29, 1.82) is 0 Å². The third kappa shape index (κ3) is 3.74. The van der Waals surface area contributed by atoms with Crippen molar-refractivity contribution in [2.45, 2.75) is 44.2 Å². The molecule has 0 saturated heterocycles. The molecule has 76 valence electrons. The molecule has 0 aromatic carbocycles. The second-order valence-corrected chi connectivity index (χ2v) is 3.62. The predicted molar refractivity (Wildman–Crippen MR) is 48.2 cm³/mol. The van der Waals surface area contributed by atoms with E-state index in [9.17, 15) is 4.79 Å². The van der Waals surface area contributed by atoms with Crippen LogP contribution in [0.1, 0.15) is 38.5 Å². The van der Waals surface area contributed by atoms with Crippen molar-refractivity contribution in [2.24, 2.45) is 5.73 Å². The minimum absolute atomic E-state index is 0.0406. The minimum Gasteiger partial charge on any atom is -0.481 e. The average Bonchev–Trinajstić information content (AvgIpc) is 2.04. The minimum atomic E-state index is -0.834. The first kappa shape index (κ1) is 10.5. The summed E-state index contributed by atoms with van der Waals surface area (Å²) < 4.78 is 5.38. The Morgan fingerprint density at radius 1 is 1.38 bits per heavy atom. The van der Waals surface area contributed by atoms with E-state index in [1.54, 1.807) is 0 Å². The Balaban J connectivity index is 2.21. The third-order valence-electron chi connectivity index (χ3n) is 2.41. The fourth-order valence-electron chi connectivity index (χ4n) is 1.64. The maximum absolute atomic E-state index is 10.2. The summed E-state index contributed by atoms with van der Waals surface area (Å²) in [6, 6.07) is 0. The molecule has 1 fully saturated rings. The average molecular weight is 187 g/mol. The molecule has 1 aliphatic rings. The van der Waals surface area contributed by atoms with Crippen LogP contribution in [-0.2, 0) is 9.53 Å². The van der Waals surface area contributed by atoms with Gasteiger partial charge in [-0.1, -0.05) is 6.42 Å². The Labute approximate surface area is 78.1 Å². The zero-order valence-corrected chi connectivity index (χ0v) is 7.79. The molecule has 0 spiro atoms. The lowest BCUT2D eigenvalue weighted by atomic mass is 9.92. The van der Waals surface area contributed by atoms with E-state index in [2.05, 4.69) is 0 Å². The molecule has 0 aliphatic heterocycles. The van der Waals surface area contributed by atoms with Gasteiger partial charge in [-0.2, -0.15) is 0 Å². The van der Waals surface area contributed by atoms with E-state index in [1.165, 1.54) is 6.42 Å². The van der Waals surface area contributed by atoms with Crippen LogP contribution in [0.5, 0.6) is 0 Å². The summed E-state index contributed by atoms with van der Waals surface area (Å²) in [5, 5.41) is 8.41. The molecule has 1 aliphatic carbocycles. The van der Waals surface area contributed by atoms with Gasteiger partial charge in [0.05, 0.1) is 13.0 Å². The van der Waals surface area contributed by atoms with E-state index < -0.39 is 11.7 Å². The molecule has 0 heterocycles. The number of aliphatic carboxylic acids is 1. The van der Waals surface area contributed by atoms with Gasteiger partial charge in [0.25, 0.3) is 0 Å². The Hall–Kier alpha value is -0.610. The molecule has 0 unspecified atom stereocenters. The maximum Gasteiger partial charge on any atom is 0.305 e. The smallest absolute Gasteiger partial charge is 0.305 e. The van der Waals surface area contributed by atoms with Gasteiger partial charge in [0.2, 0.25) is 0 Å². The van der Waals surface area contributed by atoms with E-state index in [4.69, 9.17) is 15.6 Å². The van der Waals surface area contributed by atoms with Crippen molar-refractivity contribution in [3.8, 4) is 0 Å². The number of carbonyl (C=O) groups is 1. The molecule has 13 heavy (non-hydrogen) atoms. The van der Waals surface area contributed by atoms with Gasteiger partial charge in [0.15, 0.2) is 0 Å². The van der Waals surface area contributed by atoms with Gasteiger partial charge in [0, 0.05) is 0 Å². The predicted octanol–water partition coefficient (Wildman–Crippen LogP) is 1.10. The lowest BCUT2D eigenvalue weighted by Gasteiger charge is -2.33. The summed E-state index contributed by atoms with van der Waals surface area (Å²) in [7, 11) is 0. The van der Waals surface area contributed by atoms with Crippen LogP contribution in [0.4, 0.5) is 0 Å². The summed E-state index contributed by atoms with van der Waals surface area (Å²) in [5.41, 5.74) is 5.38. The Bertz CT molecular complexity index is 176. The van der Waals surface area contributed by atoms with Gasteiger partial charge in [-0.05, 0) is 25.7 Å². The molecule has 3 N–H and O–H groups in total. The second kappa shape index (κ2) is 4.58. The van der Waals surface area contributed by atoms with E-state index in [0.717, 1.165) is 25.7 Å². The summed E-state index contributed by atoms with van der Waals surface area (Å²) in [4.78, 5) is 10.2. The van der Waals surface area contributed by atoms with Crippen LogP contribution in [0.3, 0.4) is 0 Å². The monoisotopic (exact) mass is 187 g/mol. The lowest BCUT2D eigenvalue weighted by Crippen LogP contribution is -2.44. The molecule has 4 nitrogen and oxygen atoms in total. The first-order chi connectivity index (χ1) is 6.12. The standard InChI is InChI=1S/C9H17NO3/c10-9(5-2-1-3-6-9)13-7-4-8(11)12/h1-7,10H2,(H,11,12). The summed E-state index contributed by atoms with van der Waals surface area (Å²) in [6.45, 7) is 0.228. The number of rotatable bonds is 4. The van der Waals surface area contributed by atoms with Crippen molar-refractivity contribution < 1.29 is 14.6 Å². The van der Waals surface area contributed by atoms with Crippen molar-refractivity contribution in [2.75, 3.05) is 6.61 Å². The number of hydrogen-bond donors (Lipinski definition) is 2. The molecule has 1 rings (SSSR count). The highest BCUT2D eigenvalue weighted by molar-refractivity contribution is 5.66. The van der Waals surface area contributed by atoms with Crippen LogP contribution in [0.25, 0.3) is 0 Å². The largest absolute Gasteiger partial charge is 0.481 e. The van der Waals surface area contributed by atoms with Gasteiger partial charge in [-0.3, -0.25) is 4.79 Å². The maximum atomic E-state index is 10.2. The fraction of sp³-hybridized carbons (Fsp3) is 0.889. The van der Waals surface area contributed by atoms with Crippen LogP contribution in [0.15, 0.2) is 0 Å². The molecule has 0 aromatic heterocycles. The SMILES string of the molecule is NC1(OCCC(=O)O)CCCCC1. The zero-order valence-electron chi connectivity index (χ0n) is 7.79. The molecule has 0 aromatic rings. The number of carboxylic acids is 1. The van der Waals surface area contributed by atoms with Gasteiger partial charge < -0.3 is 15.6 Å². The third-order valence-corrected chi connectivity index (χ3v) is 2.41. The van der Waals surface area contributed by atoms with Crippen LogP contribution in [-0.4, -0.2) is 23.4 Å². The fourth-order valence-corrected chi connectivity index (χ4v) is 1.64. The zero-order chi connectivity index (χ0) is 9.73. The highest BCUT2D eigenvalue weighted by Crippen LogP contribution is 2.26. The number of hydrogen-bond acceptors (Lipinski definition) is 3. The van der Waals surface area contributed by atoms with Crippen molar-refractivity contribution in [3.05, 3.63) is 0 Å². The van der Waals surface area contributed by atoms with Crippen LogP contribution in [0.2, 0.25) is 0 Å². The van der Waals surface area contributed by atoms with Gasteiger partial charge in [-0.15, -0.1) is 0 Å². The van der Waals surface area contributed by atoms with Crippen LogP contribution < -0.4 is 5.73 Å². The molecule has 0 atom stereocenters. The summed E-state index contributed by atoms with van der Waals surface area (Å²) in [5.74, 6) is -0.834. The van der Waals surface area contributed by atoms with Crippen molar-refractivity contribution >= 4 is 5.97 Å². The van der Waals surface area contributed by atoms with Crippen LogP contribution in [0, 0.1) is 0 Å². The number of ether oxygens (including phenoxy) is 1. The van der Waals surface area contributed by atoms with Gasteiger partial charge in [0.1, 0.15) is 5.72 Å². The van der Waals surface area contributed by atoms with Gasteiger partial charge >= 0.3 is 5.97 Å². The van der Waals surface area contributed by atoms with Crippen LogP contribution >= 0.6 is 0 Å². The van der Waals surface area contributed by atoms with Crippen molar-refractivity contribution in [3.63, 3.8) is 0 Å². The first-order valence-electron chi connectivity index (χ1n) is 4.77. The van der Waals surface area contributed by atoms with Gasteiger partial charge in [-0.25, -0.2) is 0 Å². The molecule has 1 saturated carbocycles. The van der Waals surface area contributed by atoms with E-state index >= 15 is 0 Å². The first-order valence-corrected chi connectivity index (χ1v) is 4.77. The second-order valence-electron chi connectivity index (χ2n) is 3.62. The summed E-state index contributed by atoms with van der Waals surface area (Å²) in [6.07, 6.45) is 5.13. The highest BCUT2D eigenvalue weighted by atomic mass is 16.5. The molecular weight excluding hydrogens is 170 g/mol. The number of nitrogens with two attached hydrogens (primary N) is 1.